The molecule has 0 saturated carbocycles. The molecule has 0 aliphatic carbocycles. The van der Waals surface area contributed by atoms with E-state index in [1.807, 2.05) is 37.4 Å². The van der Waals surface area contributed by atoms with E-state index in [1.165, 1.54) is 11.3 Å². The fourth-order valence-electron chi connectivity index (χ4n) is 1.66. The van der Waals surface area contributed by atoms with Crippen LogP contribution in [0.4, 0.5) is 0 Å². The first-order valence-electron chi connectivity index (χ1n) is 5.70. The predicted octanol–water partition coefficient (Wildman–Crippen LogP) is 4.06. The molecule has 2 aromatic rings. The van der Waals surface area contributed by atoms with Crippen LogP contribution in [-0.4, -0.2) is 17.3 Å². The van der Waals surface area contributed by atoms with Gasteiger partial charge >= 0.3 is 5.97 Å². The van der Waals surface area contributed by atoms with Gasteiger partial charge in [-0.05, 0) is 31.4 Å². The van der Waals surface area contributed by atoms with E-state index in [4.69, 9.17) is 9.84 Å². The normalized spacial score (nSPS) is 10.4. The van der Waals surface area contributed by atoms with Crippen LogP contribution in [0, 0.1) is 6.92 Å². The lowest BCUT2D eigenvalue weighted by atomic mass is 10.2. The number of hydrogen-bond acceptors (Lipinski definition) is 4. The van der Waals surface area contributed by atoms with E-state index in [1.54, 1.807) is 17.8 Å². The number of thioether (sulfide) groups is 1. The van der Waals surface area contributed by atoms with Crippen molar-refractivity contribution in [1.29, 1.82) is 0 Å². The van der Waals surface area contributed by atoms with Gasteiger partial charge in [-0.2, -0.15) is 0 Å². The number of thiophene rings is 1. The van der Waals surface area contributed by atoms with Gasteiger partial charge in [0.1, 0.15) is 17.2 Å². The summed E-state index contributed by atoms with van der Waals surface area (Å²) in [5.74, 6) is -0.0543. The highest BCUT2D eigenvalue weighted by Gasteiger charge is 2.12. The standard InChI is InChI=1S/C14H14O3S2/c1-9-10(7-13(19-9)14(15)16)8-17-11-5-3-4-6-12(11)18-2/h3-7H,8H2,1-2H3,(H,15,16). The number of carbonyl (C=O) groups is 1. The molecule has 1 aromatic carbocycles. The van der Waals surface area contributed by atoms with Crippen LogP contribution in [0.2, 0.25) is 0 Å². The van der Waals surface area contributed by atoms with Crippen molar-refractivity contribution in [3.63, 3.8) is 0 Å². The minimum atomic E-state index is -0.885. The molecule has 1 aromatic heterocycles. The molecule has 0 unspecified atom stereocenters. The maximum absolute atomic E-state index is 10.9. The summed E-state index contributed by atoms with van der Waals surface area (Å²) in [6.07, 6.45) is 2.00. The van der Waals surface area contributed by atoms with Crippen molar-refractivity contribution in [1.82, 2.24) is 0 Å². The molecular weight excluding hydrogens is 280 g/mol. The van der Waals surface area contributed by atoms with E-state index in [-0.39, 0.29) is 0 Å². The zero-order valence-electron chi connectivity index (χ0n) is 10.7. The summed E-state index contributed by atoms with van der Waals surface area (Å²) in [5, 5.41) is 8.96. The lowest BCUT2D eigenvalue weighted by molar-refractivity contribution is 0.0702. The number of benzene rings is 1. The fraction of sp³-hybridized carbons (Fsp3) is 0.214. The Balaban J connectivity index is 2.12. The molecular formula is C14H14O3S2. The molecule has 0 radical (unpaired) electrons. The first-order chi connectivity index (χ1) is 9.11. The van der Waals surface area contributed by atoms with E-state index < -0.39 is 5.97 Å². The average molecular weight is 294 g/mol. The first kappa shape index (κ1) is 14.0. The zero-order chi connectivity index (χ0) is 13.8. The van der Waals surface area contributed by atoms with Gasteiger partial charge in [0.25, 0.3) is 0 Å². The van der Waals surface area contributed by atoms with Crippen molar-refractivity contribution >= 4 is 29.1 Å². The van der Waals surface area contributed by atoms with Gasteiger partial charge in [-0.25, -0.2) is 4.79 Å². The Hall–Kier alpha value is -1.46. The van der Waals surface area contributed by atoms with Crippen molar-refractivity contribution in [2.24, 2.45) is 0 Å². The first-order valence-corrected chi connectivity index (χ1v) is 7.74. The number of hydrogen-bond donors (Lipinski definition) is 1. The summed E-state index contributed by atoms with van der Waals surface area (Å²) < 4.78 is 5.78. The summed E-state index contributed by atoms with van der Waals surface area (Å²) in [5.41, 5.74) is 0.929. The second kappa shape index (κ2) is 6.12. The average Bonchev–Trinajstić information content (AvgIpc) is 2.78. The number of carboxylic acids is 1. The van der Waals surface area contributed by atoms with E-state index >= 15 is 0 Å². The van der Waals surface area contributed by atoms with E-state index in [0.29, 0.717) is 11.5 Å². The predicted molar refractivity (Wildman–Crippen MR) is 78.6 cm³/mol. The number of carboxylic acid groups (broad SMARTS) is 1. The lowest BCUT2D eigenvalue weighted by Crippen LogP contribution is -1.97. The Bertz CT molecular complexity index is 590. The summed E-state index contributed by atoms with van der Waals surface area (Å²) in [6.45, 7) is 2.31. The molecule has 0 aliphatic heterocycles. The van der Waals surface area contributed by atoms with Crippen LogP contribution in [0.3, 0.4) is 0 Å². The van der Waals surface area contributed by atoms with Crippen molar-refractivity contribution in [2.75, 3.05) is 6.26 Å². The molecule has 0 atom stereocenters. The molecule has 19 heavy (non-hydrogen) atoms. The van der Waals surface area contributed by atoms with E-state index in [9.17, 15) is 4.79 Å². The quantitative estimate of drug-likeness (QED) is 0.845. The van der Waals surface area contributed by atoms with Gasteiger partial charge in [0.15, 0.2) is 0 Å². The molecule has 100 valence electrons. The van der Waals surface area contributed by atoms with Crippen LogP contribution in [0.5, 0.6) is 5.75 Å². The molecule has 0 fully saturated rings. The minimum Gasteiger partial charge on any atom is -0.488 e. The third-order valence-electron chi connectivity index (χ3n) is 2.68. The van der Waals surface area contributed by atoms with Crippen LogP contribution >= 0.6 is 23.1 Å². The highest BCUT2D eigenvalue weighted by atomic mass is 32.2. The third-order valence-corrected chi connectivity index (χ3v) is 4.54. The van der Waals surface area contributed by atoms with Gasteiger partial charge in [0.2, 0.25) is 0 Å². The van der Waals surface area contributed by atoms with Crippen LogP contribution < -0.4 is 4.74 Å². The van der Waals surface area contributed by atoms with Gasteiger partial charge in [-0.1, -0.05) is 12.1 Å². The zero-order valence-corrected chi connectivity index (χ0v) is 12.3. The minimum absolute atomic E-state index is 0.356. The number of aromatic carboxylic acids is 1. The van der Waals surface area contributed by atoms with Crippen molar-refractivity contribution in [2.45, 2.75) is 18.4 Å². The molecule has 1 N–H and O–H groups in total. The molecule has 0 bridgehead atoms. The summed E-state index contributed by atoms with van der Waals surface area (Å²) in [4.78, 5) is 13.3. The van der Waals surface area contributed by atoms with Crippen LogP contribution in [-0.2, 0) is 6.61 Å². The monoisotopic (exact) mass is 294 g/mol. The largest absolute Gasteiger partial charge is 0.488 e. The molecule has 0 amide bonds. The van der Waals surface area contributed by atoms with Gasteiger partial charge in [-0.3, -0.25) is 0 Å². The fourth-order valence-corrected chi connectivity index (χ4v) is 3.07. The smallest absolute Gasteiger partial charge is 0.345 e. The third kappa shape index (κ3) is 3.30. The molecule has 0 saturated heterocycles. The topological polar surface area (TPSA) is 46.5 Å². The van der Waals surface area contributed by atoms with Crippen LogP contribution in [0.1, 0.15) is 20.1 Å². The van der Waals surface area contributed by atoms with Crippen LogP contribution in [0.25, 0.3) is 0 Å². The maximum Gasteiger partial charge on any atom is 0.345 e. The molecule has 5 heteroatoms. The van der Waals surface area contributed by atoms with Crippen molar-refractivity contribution in [3.8, 4) is 5.75 Å². The summed E-state index contributed by atoms with van der Waals surface area (Å²) in [7, 11) is 0. The number of ether oxygens (including phenoxy) is 1. The molecule has 1 heterocycles. The molecule has 0 aliphatic rings. The van der Waals surface area contributed by atoms with Gasteiger partial charge in [0.05, 0.1) is 0 Å². The maximum atomic E-state index is 10.9. The van der Waals surface area contributed by atoms with Crippen LogP contribution in [0.15, 0.2) is 35.2 Å². The van der Waals surface area contributed by atoms with Gasteiger partial charge in [0, 0.05) is 15.3 Å². The SMILES string of the molecule is CSc1ccccc1OCc1cc(C(=O)O)sc1C. The Morgan fingerprint density at radius 1 is 1.42 bits per heavy atom. The summed E-state index contributed by atoms with van der Waals surface area (Å²) in [6, 6.07) is 9.51. The van der Waals surface area contributed by atoms with Gasteiger partial charge in [-0.15, -0.1) is 23.1 Å². The summed E-state index contributed by atoms with van der Waals surface area (Å²) >= 11 is 2.91. The molecule has 2 rings (SSSR count). The Morgan fingerprint density at radius 3 is 2.79 bits per heavy atom. The lowest BCUT2D eigenvalue weighted by Gasteiger charge is -2.09. The number of para-hydroxylation sites is 1. The van der Waals surface area contributed by atoms with Gasteiger partial charge < -0.3 is 9.84 Å². The van der Waals surface area contributed by atoms with Crippen molar-refractivity contribution < 1.29 is 14.6 Å². The second-order valence-corrected chi connectivity index (χ2v) is 6.04. The highest BCUT2D eigenvalue weighted by Crippen LogP contribution is 2.29. The Kier molecular flexibility index (Phi) is 4.50. The number of rotatable bonds is 5. The highest BCUT2D eigenvalue weighted by molar-refractivity contribution is 7.98. The van der Waals surface area contributed by atoms with E-state index in [2.05, 4.69) is 0 Å². The Morgan fingerprint density at radius 2 is 2.16 bits per heavy atom. The second-order valence-electron chi connectivity index (χ2n) is 3.94. The number of aryl methyl sites for hydroxylation is 1. The molecule has 3 nitrogen and oxygen atoms in total. The Labute approximate surface area is 120 Å². The van der Waals surface area contributed by atoms with Crippen molar-refractivity contribution in [3.05, 3.63) is 45.6 Å². The van der Waals surface area contributed by atoms with E-state index in [0.717, 1.165) is 21.1 Å². The molecule has 0 spiro atoms.